The second-order valence-electron chi connectivity index (χ2n) is 6.01. The van der Waals surface area contributed by atoms with Crippen LogP contribution in [0.25, 0.3) is 0 Å². The number of esters is 4. The molecule has 170 valence electrons. The van der Waals surface area contributed by atoms with Crippen molar-refractivity contribution in [2.75, 3.05) is 6.61 Å². The molecule has 30 heavy (non-hydrogen) atoms. The summed E-state index contributed by atoms with van der Waals surface area (Å²) in [6, 6.07) is 0. The Morgan fingerprint density at radius 3 is 1.70 bits per heavy atom. The third-order valence-electron chi connectivity index (χ3n) is 3.44. The number of hydrogen-bond acceptors (Lipinski definition) is 11. The van der Waals surface area contributed by atoms with Crippen LogP contribution in [0.3, 0.4) is 0 Å². The zero-order chi connectivity index (χ0) is 23.2. The highest BCUT2D eigenvalue weighted by Crippen LogP contribution is 2.33. The van der Waals surface area contributed by atoms with Crippen LogP contribution in [0.15, 0.2) is 0 Å². The zero-order valence-electron chi connectivity index (χ0n) is 16.3. The van der Waals surface area contributed by atoms with Crippen LogP contribution >= 0.6 is 34.8 Å². The van der Waals surface area contributed by atoms with E-state index in [1.165, 1.54) is 0 Å². The molecule has 1 N–H and O–H groups in total. The molecule has 5 atom stereocenters. The van der Waals surface area contributed by atoms with E-state index in [2.05, 4.69) is 0 Å². The number of halogens is 3. The van der Waals surface area contributed by atoms with Crippen molar-refractivity contribution in [3.05, 3.63) is 0 Å². The van der Waals surface area contributed by atoms with Gasteiger partial charge in [-0.1, -0.05) is 34.8 Å². The summed E-state index contributed by atoms with van der Waals surface area (Å²) in [6.07, 6.45) is -7.25. The molecule has 1 rings (SSSR count). The molecule has 1 aliphatic rings. The predicted octanol–water partition coefficient (Wildman–Crippen LogP) is 1.43. The highest BCUT2D eigenvalue weighted by Gasteiger charge is 2.54. The number of alkyl halides is 3. The Kier molecular flexibility index (Phi) is 9.60. The molecule has 1 heterocycles. The molecule has 0 bridgehead atoms. The first-order valence-corrected chi connectivity index (χ1v) is 9.48. The van der Waals surface area contributed by atoms with Crippen molar-refractivity contribution in [3.8, 4) is 0 Å². The first-order chi connectivity index (χ1) is 13.7. The molecular formula is C16H20Cl3NO10. The van der Waals surface area contributed by atoms with Gasteiger partial charge in [0.05, 0.1) is 0 Å². The van der Waals surface area contributed by atoms with E-state index in [1.807, 2.05) is 0 Å². The summed E-state index contributed by atoms with van der Waals surface area (Å²) in [5, 5.41) is 7.74. The lowest BCUT2D eigenvalue weighted by molar-refractivity contribution is -0.292. The van der Waals surface area contributed by atoms with E-state index < -0.39 is 70.9 Å². The molecule has 0 aromatic carbocycles. The largest absolute Gasteiger partial charge is 0.463 e. The Hall–Kier alpha value is -1.82. The fourth-order valence-electron chi connectivity index (χ4n) is 2.47. The number of nitrogens with one attached hydrogen (secondary N) is 1. The molecule has 0 saturated carbocycles. The SMILES string of the molecule is CC(=O)OC[C@H]1OC(OC(=N)C(Cl)(Cl)Cl)[C@@H](OC(C)=O)[C@@H](OC(C)=O)[C@@H]1OC(C)=O. The van der Waals surface area contributed by atoms with Crippen LogP contribution in [0.4, 0.5) is 0 Å². The summed E-state index contributed by atoms with van der Waals surface area (Å²) in [4.78, 5) is 46.1. The smallest absolute Gasteiger partial charge is 0.303 e. The van der Waals surface area contributed by atoms with Crippen LogP contribution < -0.4 is 0 Å². The molecule has 0 radical (unpaired) electrons. The van der Waals surface area contributed by atoms with Crippen molar-refractivity contribution in [1.29, 1.82) is 5.41 Å². The van der Waals surface area contributed by atoms with Gasteiger partial charge in [-0.15, -0.1) is 0 Å². The van der Waals surface area contributed by atoms with E-state index in [4.69, 9.17) is 68.6 Å². The Morgan fingerprint density at radius 2 is 1.27 bits per heavy atom. The summed E-state index contributed by atoms with van der Waals surface area (Å²) in [5.74, 6) is -4.03. The molecule has 0 aliphatic carbocycles. The Morgan fingerprint density at radius 1 is 0.800 bits per heavy atom. The Bertz CT molecular complexity index is 695. The lowest BCUT2D eigenvalue weighted by Crippen LogP contribution is -2.63. The number of carbonyl (C=O) groups excluding carboxylic acids is 4. The van der Waals surface area contributed by atoms with Gasteiger partial charge in [-0.3, -0.25) is 24.6 Å². The van der Waals surface area contributed by atoms with Crippen molar-refractivity contribution in [3.63, 3.8) is 0 Å². The molecule has 1 aliphatic heterocycles. The average molecular weight is 493 g/mol. The summed E-state index contributed by atoms with van der Waals surface area (Å²) in [7, 11) is 0. The van der Waals surface area contributed by atoms with Gasteiger partial charge in [0, 0.05) is 27.7 Å². The predicted molar refractivity (Wildman–Crippen MR) is 101 cm³/mol. The zero-order valence-corrected chi connectivity index (χ0v) is 18.6. The maximum absolute atomic E-state index is 11.7. The molecule has 0 aromatic heterocycles. The maximum atomic E-state index is 11.7. The van der Waals surface area contributed by atoms with Gasteiger partial charge in [-0.25, -0.2) is 0 Å². The third kappa shape index (κ3) is 8.13. The lowest BCUT2D eigenvalue weighted by Gasteiger charge is -2.44. The van der Waals surface area contributed by atoms with Gasteiger partial charge in [0.15, 0.2) is 12.2 Å². The topological polar surface area (TPSA) is 148 Å². The van der Waals surface area contributed by atoms with Gasteiger partial charge in [-0.2, -0.15) is 0 Å². The molecule has 1 fully saturated rings. The Balaban J connectivity index is 3.37. The summed E-state index contributed by atoms with van der Waals surface area (Å²) < 4.78 is 28.9. The first-order valence-electron chi connectivity index (χ1n) is 8.35. The fourth-order valence-corrected chi connectivity index (χ4v) is 2.60. The average Bonchev–Trinajstić information content (AvgIpc) is 2.56. The second-order valence-corrected chi connectivity index (χ2v) is 8.29. The maximum Gasteiger partial charge on any atom is 0.303 e. The quantitative estimate of drug-likeness (QED) is 0.190. The van der Waals surface area contributed by atoms with Gasteiger partial charge in [0.2, 0.25) is 18.3 Å². The Labute approximate surface area is 186 Å². The summed E-state index contributed by atoms with van der Waals surface area (Å²) in [6.45, 7) is 3.86. The molecule has 11 nitrogen and oxygen atoms in total. The van der Waals surface area contributed by atoms with Crippen LogP contribution in [-0.4, -0.2) is 70.9 Å². The molecule has 1 unspecified atom stereocenters. The van der Waals surface area contributed by atoms with Crippen LogP contribution in [0.5, 0.6) is 0 Å². The molecule has 1 saturated heterocycles. The second kappa shape index (κ2) is 11.0. The summed E-state index contributed by atoms with van der Waals surface area (Å²) in [5.41, 5.74) is 0. The van der Waals surface area contributed by atoms with E-state index in [9.17, 15) is 19.2 Å². The van der Waals surface area contributed by atoms with Crippen molar-refractivity contribution < 1.29 is 47.6 Å². The van der Waals surface area contributed by atoms with Crippen LogP contribution in [0, 0.1) is 5.41 Å². The highest BCUT2D eigenvalue weighted by molar-refractivity contribution is 6.76. The number of hydrogen-bond donors (Lipinski definition) is 1. The van der Waals surface area contributed by atoms with Crippen molar-refractivity contribution in [2.24, 2.45) is 0 Å². The van der Waals surface area contributed by atoms with Crippen LogP contribution in [0.1, 0.15) is 27.7 Å². The van der Waals surface area contributed by atoms with E-state index in [-0.39, 0.29) is 0 Å². The number of ether oxygens (including phenoxy) is 6. The third-order valence-corrected chi connectivity index (χ3v) is 3.95. The van der Waals surface area contributed by atoms with Gasteiger partial charge < -0.3 is 28.4 Å². The normalized spacial score (nSPS) is 26.2. The van der Waals surface area contributed by atoms with E-state index >= 15 is 0 Å². The molecular weight excluding hydrogens is 473 g/mol. The molecule has 0 aromatic rings. The van der Waals surface area contributed by atoms with Crippen LogP contribution in [-0.2, 0) is 47.6 Å². The highest BCUT2D eigenvalue weighted by atomic mass is 35.6. The van der Waals surface area contributed by atoms with Crippen LogP contribution in [0.2, 0.25) is 0 Å². The van der Waals surface area contributed by atoms with Gasteiger partial charge in [-0.05, 0) is 0 Å². The summed E-state index contributed by atoms with van der Waals surface area (Å²) >= 11 is 16.8. The minimum Gasteiger partial charge on any atom is -0.463 e. The van der Waals surface area contributed by atoms with Gasteiger partial charge in [0.25, 0.3) is 3.79 Å². The number of rotatable bonds is 6. The minimum absolute atomic E-state index is 0.460. The van der Waals surface area contributed by atoms with Gasteiger partial charge in [0.1, 0.15) is 12.7 Å². The molecule has 14 heteroatoms. The number of carbonyl (C=O) groups is 4. The van der Waals surface area contributed by atoms with Crippen molar-refractivity contribution >= 4 is 64.6 Å². The van der Waals surface area contributed by atoms with Gasteiger partial charge >= 0.3 is 23.9 Å². The first kappa shape index (κ1) is 26.2. The minimum atomic E-state index is -2.29. The molecule has 0 amide bonds. The standard InChI is InChI=1S/C16H20Cl3NO10/c1-6(21)25-5-10-11(26-7(2)22)12(27-8(3)23)13(28-9(4)24)14(29-10)30-15(20)16(17,18)19/h10-14,20H,5H2,1-4H3/t10-,11-,12+,13+,14?/m1/s1. The molecule has 0 spiro atoms. The van der Waals surface area contributed by atoms with E-state index in [1.54, 1.807) is 0 Å². The van der Waals surface area contributed by atoms with E-state index in [0.717, 1.165) is 27.7 Å². The van der Waals surface area contributed by atoms with Crippen molar-refractivity contribution in [1.82, 2.24) is 0 Å². The monoisotopic (exact) mass is 491 g/mol. The lowest BCUT2D eigenvalue weighted by atomic mass is 9.98. The fraction of sp³-hybridized carbons (Fsp3) is 0.688. The van der Waals surface area contributed by atoms with Crippen molar-refractivity contribution in [2.45, 2.75) is 62.2 Å². The van der Waals surface area contributed by atoms with E-state index in [0.29, 0.717) is 0 Å².